The van der Waals surface area contributed by atoms with Crippen LogP contribution in [0.3, 0.4) is 0 Å². The molecular formula is C10H11N3O2S. The standard InChI is InChI=1S/C10H11N3O2S/c1-13-6-7(11-12-13)5-8(14)10-9(15-2)3-4-16-10/h3-4,6H,5H2,1-2H3. The second kappa shape index (κ2) is 4.44. The van der Waals surface area contributed by atoms with E-state index in [-0.39, 0.29) is 12.2 Å². The van der Waals surface area contributed by atoms with Gasteiger partial charge in [0.1, 0.15) is 10.6 Å². The Morgan fingerprint density at radius 3 is 3.06 bits per heavy atom. The fraction of sp³-hybridized carbons (Fsp3) is 0.300. The molecule has 2 aromatic rings. The molecule has 2 heterocycles. The van der Waals surface area contributed by atoms with Crippen LogP contribution in [0.1, 0.15) is 15.4 Å². The SMILES string of the molecule is COc1ccsc1C(=O)Cc1cn(C)nn1. The molecule has 0 N–H and O–H groups in total. The van der Waals surface area contributed by atoms with Crippen LogP contribution in [0.4, 0.5) is 0 Å². The van der Waals surface area contributed by atoms with Gasteiger partial charge >= 0.3 is 0 Å². The number of hydrogen-bond donors (Lipinski definition) is 0. The van der Waals surface area contributed by atoms with Crippen LogP contribution in [-0.4, -0.2) is 27.9 Å². The highest BCUT2D eigenvalue weighted by Gasteiger charge is 2.15. The van der Waals surface area contributed by atoms with Gasteiger partial charge in [-0.05, 0) is 11.4 Å². The molecular weight excluding hydrogens is 226 g/mol. The summed E-state index contributed by atoms with van der Waals surface area (Å²) in [5.41, 5.74) is 0.669. The molecule has 84 valence electrons. The maximum absolute atomic E-state index is 11.9. The van der Waals surface area contributed by atoms with E-state index in [1.165, 1.54) is 11.3 Å². The summed E-state index contributed by atoms with van der Waals surface area (Å²) in [5.74, 6) is 0.631. The van der Waals surface area contributed by atoms with Gasteiger partial charge in [0.2, 0.25) is 0 Å². The molecule has 0 aromatic carbocycles. The first-order valence-corrected chi connectivity index (χ1v) is 5.58. The van der Waals surface area contributed by atoms with Gasteiger partial charge in [-0.3, -0.25) is 9.48 Å². The molecule has 0 aliphatic rings. The minimum atomic E-state index is 0.00681. The van der Waals surface area contributed by atoms with E-state index in [9.17, 15) is 4.79 Å². The van der Waals surface area contributed by atoms with Crippen molar-refractivity contribution in [3.63, 3.8) is 0 Å². The number of thiophene rings is 1. The monoisotopic (exact) mass is 237 g/mol. The number of ketones is 1. The topological polar surface area (TPSA) is 57.0 Å². The minimum Gasteiger partial charge on any atom is -0.495 e. The van der Waals surface area contributed by atoms with Crippen molar-refractivity contribution in [1.82, 2.24) is 15.0 Å². The highest BCUT2D eigenvalue weighted by molar-refractivity contribution is 7.12. The molecule has 0 aliphatic carbocycles. The molecule has 0 spiro atoms. The molecule has 0 radical (unpaired) electrons. The molecule has 0 fully saturated rings. The molecule has 0 saturated carbocycles. The summed E-state index contributed by atoms with van der Waals surface area (Å²) in [7, 11) is 3.33. The lowest BCUT2D eigenvalue weighted by atomic mass is 10.2. The van der Waals surface area contributed by atoms with E-state index >= 15 is 0 Å². The minimum absolute atomic E-state index is 0.00681. The van der Waals surface area contributed by atoms with Gasteiger partial charge in [0.15, 0.2) is 5.78 Å². The highest BCUT2D eigenvalue weighted by atomic mass is 32.1. The number of aromatic nitrogens is 3. The van der Waals surface area contributed by atoms with Crippen molar-refractivity contribution in [3.8, 4) is 5.75 Å². The van der Waals surface area contributed by atoms with Crippen LogP contribution < -0.4 is 4.74 Å². The van der Waals surface area contributed by atoms with E-state index in [1.807, 2.05) is 5.38 Å². The van der Waals surface area contributed by atoms with Gasteiger partial charge in [0.25, 0.3) is 0 Å². The molecule has 0 amide bonds. The first kappa shape index (κ1) is 10.8. The zero-order valence-electron chi connectivity index (χ0n) is 9.01. The number of methoxy groups -OCH3 is 1. The third-order valence-corrected chi connectivity index (χ3v) is 3.03. The second-order valence-corrected chi connectivity index (χ2v) is 4.22. The van der Waals surface area contributed by atoms with Crippen LogP contribution >= 0.6 is 11.3 Å². The van der Waals surface area contributed by atoms with Gasteiger partial charge < -0.3 is 4.74 Å². The van der Waals surface area contributed by atoms with E-state index in [4.69, 9.17) is 4.74 Å². The van der Waals surface area contributed by atoms with Crippen LogP contribution in [0.15, 0.2) is 17.6 Å². The lowest BCUT2D eigenvalue weighted by Crippen LogP contribution is -2.03. The number of ether oxygens (including phenoxy) is 1. The van der Waals surface area contributed by atoms with Gasteiger partial charge in [-0.15, -0.1) is 16.4 Å². The van der Waals surface area contributed by atoms with E-state index in [0.29, 0.717) is 16.3 Å². The van der Waals surface area contributed by atoms with Gasteiger partial charge in [-0.2, -0.15) is 0 Å². The second-order valence-electron chi connectivity index (χ2n) is 3.30. The van der Waals surface area contributed by atoms with Crippen molar-refractivity contribution >= 4 is 17.1 Å². The zero-order valence-corrected chi connectivity index (χ0v) is 9.82. The van der Waals surface area contributed by atoms with Crippen molar-refractivity contribution in [3.05, 3.63) is 28.2 Å². The molecule has 0 atom stereocenters. The fourth-order valence-corrected chi connectivity index (χ4v) is 2.18. The molecule has 2 rings (SSSR count). The zero-order chi connectivity index (χ0) is 11.5. The number of nitrogens with zero attached hydrogens (tertiary/aromatic N) is 3. The van der Waals surface area contributed by atoms with Crippen molar-refractivity contribution in [2.24, 2.45) is 7.05 Å². The fourth-order valence-electron chi connectivity index (χ4n) is 1.38. The van der Waals surface area contributed by atoms with Gasteiger partial charge in [0, 0.05) is 13.2 Å². The number of aryl methyl sites for hydroxylation is 1. The lowest BCUT2D eigenvalue weighted by molar-refractivity contribution is 0.0993. The highest BCUT2D eigenvalue weighted by Crippen LogP contribution is 2.25. The Morgan fingerprint density at radius 1 is 1.62 bits per heavy atom. The summed E-state index contributed by atoms with van der Waals surface area (Å²) in [6.07, 6.45) is 1.99. The maximum Gasteiger partial charge on any atom is 0.182 e. The van der Waals surface area contributed by atoms with Gasteiger partial charge in [-0.1, -0.05) is 5.21 Å². The summed E-state index contributed by atoms with van der Waals surface area (Å²) < 4.78 is 6.68. The molecule has 0 bridgehead atoms. The van der Waals surface area contributed by atoms with Crippen LogP contribution in [0.25, 0.3) is 0 Å². The number of Topliss-reactive ketones (excluding diaryl/α,β-unsaturated/α-hetero) is 1. The van der Waals surface area contributed by atoms with Crippen LogP contribution in [0, 0.1) is 0 Å². The van der Waals surface area contributed by atoms with Crippen molar-refractivity contribution in [2.75, 3.05) is 7.11 Å². The average Bonchev–Trinajstić information content (AvgIpc) is 2.86. The molecule has 0 saturated heterocycles. The van der Waals surface area contributed by atoms with E-state index in [0.717, 1.165) is 0 Å². The van der Waals surface area contributed by atoms with Crippen LogP contribution in [0.2, 0.25) is 0 Å². The molecule has 5 nitrogen and oxygen atoms in total. The van der Waals surface area contributed by atoms with E-state index in [1.54, 1.807) is 31.1 Å². The molecule has 16 heavy (non-hydrogen) atoms. The normalized spacial score (nSPS) is 10.4. The van der Waals surface area contributed by atoms with Crippen LogP contribution in [-0.2, 0) is 13.5 Å². The smallest absolute Gasteiger partial charge is 0.182 e. The average molecular weight is 237 g/mol. The predicted molar refractivity (Wildman–Crippen MR) is 59.9 cm³/mol. The Balaban J connectivity index is 2.14. The van der Waals surface area contributed by atoms with E-state index < -0.39 is 0 Å². The summed E-state index contributed by atoms with van der Waals surface area (Å²) in [6, 6.07) is 1.79. The molecule has 2 aromatic heterocycles. The van der Waals surface area contributed by atoms with Gasteiger partial charge in [0.05, 0.1) is 19.2 Å². The Kier molecular flexibility index (Phi) is 3.00. The van der Waals surface area contributed by atoms with Crippen molar-refractivity contribution in [1.29, 1.82) is 0 Å². The first-order valence-electron chi connectivity index (χ1n) is 4.70. The lowest BCUT2D eigenvalue weighted by Gasteiger charge is -1.99. The Labute approximate surface area is 96.7 Å². The number of carbonyl (C=O) groups excluding carboxylic acids is 1. The summed E-state index contributed by atoms with van der Waals surface area (Å²) in [6.45, 7) is 0. The predicted octanol–water partition coefficient (Wildman–Crippen LogP) is 1.31. The van der Waals surface area contributed by atoms with Crippen molar-refractivity contribution < 1.29 is 9.53 Å². The van der Waals surface area contributed by atoms with E-state index in [2.05, 4.69) is 10.3 Å². The third kappa shape index (κ3) is 2.11. The maximum atomic E-state index is 11.9. The summed E-state index contributed by atoms with van der Waals surface area (Å²) in [4.78, 5) is 12.6. The van der Waals surface area contributed by atoms with Crippen LogP contribution in [0.5, 0.6) is 5.75 Å². The third-order valence-electron chi connectivity index (χ3n) is 2.09. The number of carbonyl (C=O) groups is 1. The molecule has 0 unspecified atom stereocenters. The van der Waals surface area contributed by atoms with Crippen molar-refractivity contribution in [2.45, 2.75) is 6.42 Å². The molecule has 6 heteroatoms. The summed E-state index contributed by atoms with van der Waals surface area (Å²) >= 11 is 1.38. The number of rotatable bonds is 4. The largest absolute Gasteiger partial charge is 0.495 e. The first-order chi connectivity index (χ1) is 7.70. The number of hydrogen-bond acceptors (Lipinski definition) is 5. The quantitative estimate of drug-likeness (QED) is 0.752. The van der Waals surface area contributed by atoms with Gasteiger partial charge in [-0.25, -0.2) is 0 Å². The Hall–Kier alpha value is -1.69. The summed E-state index contributed by atoms with van der Waals surface area (Å²) in [5, 5.41) is 9.49. The Bertz CT molecular complexity index is 504. The Morgan fingerprint density at radius 2 is 2.44 bits per heavy atom. The molecule has 0 aliphatic heterocycles.